The first kappa shape index (κ1) is 41.3. The maximum atomic E-state index is 14.3. The minimum Gasteiger partial charge on any atom is -0.392 e. The molecule has 3 N–H and O–H groups in total. The Morgan fingerprint density at radius 1 is 0.922 bits per heavy atom. The second-order valence-corrected chi connectivity index (χ2v) is 19.6. The van der Waals surface area contributed by atoms with E-state index in [1.807, 2.05) is 26.8 Å². The number of hydrogen-bond donors (Lipinski definition) is 3. The van der Waals surface area contributed by atoms with E-state index in [4.69, 9.17) is 14.2 Å². The number of ketones is 1. The summed E-state index contributed by atoms with van der Waals surface area (Å²) in [5.74, 6) is 1.24. The van der Waals surface area contributed by atoms with E-state index in [1.54, 1.807) is 0 Å². The highest BCUT2D eigenvalue weighted by Gasteiger charge is 2.61. The van der Waals surface area contributed by atoms with Gasteiger partial charge in [0.25, 0.3) is 0 Å². The molecule has 0 aromatic heterocycles. The van der Waals surface area contributed by atoms with Crippen LogP contribution in [0.25, 0.3) is 0 Å². The third-order valence-electron chi connectivity index (χ3n) is 16.1. The van der Waals surface area contributed by atoms with E-state index < -0.39 is 34.9 Å². The molecule has 0 radical (unpaired) electrons. The van der Waals surface area contributed by atoms with Crippen LogP contribution in [-0.4, -0.2) is 74.5 Å². The molecule has 3 heterocycles. The zero-order valence-electron chi connectivity index (χ0n) is 34.4. The highest BCUT2D eigenvalue weighted by Crippen LogP contribution is 2.59. The summed E-state index contributed by atoms with van der Waals surface area (Å²) in [5, 5.41) is 34.4. The first-order valence-electron chi connectivity index (χ1n) is 21.1. The number of aliphatic hydroxyl groups excluding tert-OH is 2. The second-order valence-electron chi connectivity index (χ2n) is 19.6. The van der Waals surface area contributed by atoms with Crippen LogP contribution in [0.1, 0.15) is 147 Å². The summed E-state index contributed by atoms with van der Waals surface area (Å²) < 4.78 is 20.6. The normalized spacial score (nSPS) is 47.7. The zero-order chi connectivity index (χ0) is 37.8. The molecule has 2 saturated heterocycles. The molecule has 0 aromatic carbocycles. The van der Waals surface area contributed by atoms with Crippen LogP contribution in [0.15, 0.2) is 12.2 Å². The van der Waals surface area contributed by atoms with Crippen molar-refractivity contribution in [3.05, 3.63) is 12.2 Å². The molecule has 7 nitrogen and oxygen atoms in total. The SMILES string of the molecule is CCC1(O)CC[C@H]([C@]2(C)CC[C@]3(C2)OC2(C=C[C@H]3O)CC([C@@H](C)C(=O)[C@@H](C)C(O)C(C)[C@@H]3OC(C(C)C(C)C)CCC3C)C(C)CC2C)O[C@H]1C. The molecule has 2 spiro atoms. The van der Waals surface area contributed by atoms with Gasteiger partial charge < -0.3 is 29.5 Å². The van der Waals surface area contributed by atoms with Gasteiger partial charge in [-0.15, -0.1) is 0 Å². The Kier molecular flexibility index (Phi) is 12.5. The third-order valence-corrected chi connectivity index (χ3v) is 16.1. The molecule has 5 aliphatic rings. The van der Waals surface area contributed by atoms with Crippen LogP contribution < -0.4 is 0 Å². The van der Waals surface area contributed by atoms with Crippen molar-refractivity contribution in [2.45, 2.75) is 201 Å². The number of Topliss-reactive ketones (excluding diaryl/α,β-unsaturated/α-hetero) is 1. The Morgan fingerprint density at radius 2 is 1.61 bits per heavy atom. The van der Waals surface area contributed by atoms with Crippen molar-refractivity contribution in [3.8, 4) is 0 Å². The predicted octanol–water partition coefficient (Wildman–Crippen LogP) is 8.31. The summed E-state index contributed by atoms with van der Waals surface area (Å²) in [6.07, 6.45) is 10.9. The van der Waals surface area contributed by atoms with Gasteiger partial charge in [0.05, 0.1) is 47.3 Å². The van der Waals surface area contributed by atoms with Gasteiger partial charge in [-0.2, -0.15) is 0 Å². The third kappa shape index (κ3) is 7.70. The maximum Gasteiger partial charge on any atom is 0.141 e. The van der Waals surface area contributed by atoms with Gasteiger partial charge in [-0.3, -0.25) is 4.79 Å². The van der Waals surface area contributed by atoms with Gasteiger partial charge in [0, 0.05) is 17.8 Å². The maximum absolute atomic E-state index is 14.3. The Morgan fingerprint density at radius 3 is 2.24 bits per heavy atom. The van der Waals surface area contributed by atoms with Crippen LogP contribution in [0.5, 0.6) is 0 Å². The van der Waals surface area contributed by atoms with Crippen molar-refractivity contribution in [1.82, 2.24) is 0 Å². The van der Waals surface area contributed by atoms with E-state index in [0.29, 0.717) is 36.5 Å². The van der Waals surface area contributed by atoms with Crippen molar-refractivity contribution >= 4 is 5.78 Å². The quantitative estimate of drug-likeness (QED) is 0.195. The van der Waals surface area contributed by atoms with Crippen LogP contribution in [-0.2, 0) is 19.0 Å². The standard InChI is InChI=1S/C44H76O7/c1-13-42(48)18-17-37(49-33(42)11)41(12)20-21-44(24-41)36(45)16-19-43(51-44)23-34(27(5)22-28(43)6)30(8)38(46)31(9)39(47)32(10)40-26(4)14-15-35(50-40)29(7)25(2)3/h16,19,25-37,39-40,45,47-48H,13-15,17-18,20-24H2,1-12H3/t26?,27?,28?,29?,30-,31-,32?,33+,34?,35?,36-,37-,39?,40-,41-,42?,43?,44-/m1/s1. The monoisotopic (exact) mass is 717 g/mol. The van der Waals surface area contributed by atoms with E-state index in [0.717, 1.165) is 51.4 Å². The number of rotatable bonds is 10. The smallest absolute Gasteiger partial charge is 0.141 e. The summed E-state index contributed by atoms with van der Waals surface area (Å²) in [6, 6.07) is 0. The van der Waals surface area contributed by atoms with Crippen LogP contribution in [0.2, 0.25) is 0 Å². The number of carbonyl (C=O) groups excluding carboxylic acids is 1. The Balaban J connectivity index is 1.28. The molecule has 2 saturated carbocycles. The summed E-state index contributed by atoms with van der Waals surface area (Å²) >= 11 is 0. The van der Waals surface area contributed by atoms with Crippen LogP contribution in [0, 0.1) is 58.7 Å². The predicted molar refractivity (Wildman–Crippen MR) is 203 cm³/mol. The lowest BCUT2D eigenvalue weighted by atomic mass is 9.60. The molecule has 18 atom stereocenters. The van der Waals surface area contributed by atoms with E-state index in [9.17, 15) is 20.1 Å². The van der Waals surface area contributed by atoms with E-state index in [2.05, 4.69) is 68.4 Å². The summed E-state index contributed by atoms with van der Waals surface area (Å²) in [6.45, 7) is 25.9. The molecular weight excluding hydrogens is 640 g/mol. The molecule has 7 heteroatoms. The number of ether oxygens (including phenoxy) is 3. The molecule has 294 valence electrons. The molecule has 2 aliphatic carbocycles. The summed E-state index contributed by atoms with van der Waals surface area (Å²) in [4.78, 5) is 14.3. The summed E-state index contributed by atoms with van der Waals surface area (Å²) in [7, 11) is 0. The van der Waals surface area contributed by atoms with Gasteiger partial charge in [0.1, 0.15) is 11.9 Å². The molecule has 3 aliphatic heterocycles. The largest absolute Gasteiger partial charge is 0.392 e. The molecule has 0 aromatic rings. The molecule has 5 rings (SSSR count). The number of hydrogen-bond acceptors (Lipinski definition) is 7. The molecule has 4 fully saturated rings. The Labute approximate surface area is 311 Å². The average Bonchev–Trinajstić information content (AvgIpc) is 3.44. The first-order chi connectivity index (χ1) is 23.7. The minimum atomic E-state index is -0.781. The zero-order valence-corrected chi connectivity index (χ0v) is 34.4. The van der Waals surface area contributed by atoms with Crippen molar-refractivity contribution in [2.24, 2.45) is 58.7 Å². The molecular formula is C44H76O7. The Hall–Kier alpha value is -0.830. The molecule has 51 heavy (non-hydrogen) atoms. The van der Waals surface area contributed by atoms with E-state index >= 15 is 0 Å². The van der Waals surface area contributed by atoms with Crippen molar-refractivity contribution in [3.63, 3.8) is 0 Å². The lowest BCUT2D eigenvalue weighted by Gasteiger charge is -2.55. The number of carbonyl (C=O) groups is 1. The van der Waals surface area contributed by atoms with Gasteiger partial charge in [0.2, 0.25) is 0 Å². The van der Waals surface area contributed by atoms with Crippen LogP contribution in [0.3, 0.4) is 0 Å². The highest BCUT2D eigenvalue weighted by atomic mass is 16.5. The van der Waals surface area contributed by atoms with Gasteiger partial charge in [-0.25, -0.2) is 0 Å². The fourth-order valence-electron chi connectivity index (χ4n) is 11.5. The molecule has 10 unspecified atom stereocenters. The first-order valence-corrected chi connectivity index (χ1v) is 21.1. The topological polar surface area (TPSA) is 105 Å². The summed E-state index contributed by atoms with van der Waals surface area (Å²) in [5.41, 5.74) is -2.22. The minimum absolute atomic E-state index is 0.00680. The second kappa shape index (κ2) is 15.4. The highest BCUT2D eigenvalue weighted by molar-refractivity contribution is 5.83. The lowest BCUT2D eigenvalue weighted by Crippen LogP contribution is -2.59. The van der Waals surface area contributed by atoms with Gasteiger partial charge in [0.15, 0.2) is 0 Å². The molecule has 0 bridgehead atoms. The van der Waals surface area contributed by atoms with Crippen molar-refractivity contribution < 1.29 is 34.3 Å². The van der Waals surface area contributed by atoms with Gasteiger partial charge >= 0.3 is 0 Å². The Bertz CT molecular complexity index is 1240. The van der Waals surface area contributed by atoms with Crippen LogP contribution in [0.4, 0.5) is 0 Å². The molecule has 0 amide bonds. The average molecular weight is 717 g/mol. The van der Waals surface area contributed by atoms with Crippen molar-refractivity contribution in [2.75, 3.05) is 0 Å². The van der Waals surface area contributed by atoms with Crippen molar-refractivity contribution in [1.29, 1.82) is 0 Å². The van der Waals surface area contributed by atoms with Gasteiger partial charge in [-0.1, -0.05) is 88.3 Å². The van der Waals surface area contributed by atoms with Crippen LogP contribution >= 0.6 is 0 Å². The lowest BCUT2D eigenvalue weighted by molar-refractivity contribution is -0.230. The fourth-order valence-corrected chi connectivity index (χ4v) is 11.5. The van der Waals surface area contributed by atoms with Gasteiger partial charge in [-0.05, 0) is 112 Å². The fraction of sp³-hybridized carbons (Fsp3) is 0.932. The number of aliphatic hydroxyl groups is 3. The van der Waals surface area contributed by atoms with E-state index in [1.165, 1.54) is 0 Å². The van der Waals surface area contributed by atoms with E-state index in [-0.39, 0.29) is 59.3 Å².